The third-order valence-electron chi connectivity index (χ3n) is 5.52. The number of nitrogens with two attached hydrogens (primary N) is 1. The summed E-state index contributed by atoms with van der Waals surface area (Å²) in [6.45, 7) is 4.65. The Bertz CT molecular complexity index is 1310. The average Bonchev–Trinajstić information content (AvgIpc) is 3.26. The zero-order chi connectivity index (χ0) is 22.3. The van der Waals surface area contributed by atoms with Gasteiger partial charge in [0.15, 0.2) is 0 Å². The van der Waals surface area contributed by atoms with E-state index in [1.54, 1.807) is 19.3 Å². The standard InChI is InChI=1S/C22H26N6O2S/c1-15(8-12-27(3)23)31(29,30)25-19-7-10-24-22-18(19)14-21(28(22)4)17-6-5-16-9-11-26(2)20(16)13-17/h5-8,10,12-14H,1,9,11,23H2,2-4H3,(H,24,25)/b12-8-. The third kappa shape index (κ3) is 3.89. The lowest BCUT2D eigenvalue weighted by molar-refractivity contribution is 0.485. The van der Waals surface area contributed by atoms with Crippen LogP contribution in [-0.4, -0.2) is 43.6 Å². The topological polar surface area (TPSA) is 96.5 Å². The maximum absolute atomic E-state index is 12.7. The van der Waals surface area contributed by atoms with Crippen molar-refractivity contribution in [1.29, 1.82) is 0 Å². The van der Waals surface area contributed by atoms with E-state index in [1.165, 1.54) is 28.5 Å². The Labute approximate surface area is 182 Å². The molecule has 3 aromatic rings. The van der Waals surface area contributed by atoms with Crippen LogP contribution in [0, 0.1) is 0 Å². The van der Waals surface area contributed by atoms with Crippen LogP contribution in [0.2, 0.25) is 0 Å². The number of aromatic nitrogens is 2. The van der Waals surface area contributed by atoms with E-state index >= 15 is 0 Å². The van der Waals surface area contributed by atoms with Crippen molar-refractivity contribution in [2.75, 3.05) is 30.3 Å². The molecule has 0 saturated carbocycles. The normalized spacial score (nSPS) is 13.7. The van der Waals surface area contributed by atoms with Gasteiger partial charge in [-0.1, -0.05) is 18.7 Å². The number of nitrogens with zero attached hydrogens (tertiary/aromatic N) is 4. The molecule has 0 amide bonds. The second kappa shape index (κ2) is 7.75. The van der Waals surface area contributed by atoms with Crippen molar-refractivity contribution in [2.45, 2.75) is 6.42 Å². The van der Waals surface area contributed by atoms with Crippen LogP contribution in [0.15, 0.2) is 60.3 Å². The molecular formula is C22H26N6O2S. The first-order valence-corrected chi connectivity index (χ1v) is 11.3. The van der Waals surface area contributed by atoms with Crippen LogP contribution >= 0.6 is 0 Å². The van der Waals surface area contributed by atoms with Crippen molar-refractivity contribution in [2.24, 2.45) is 12.9 Å². The molecule has 0 fully saturated rings. The van der Waals surface area contributed by atoms with E-state index in [0.29, 0.717) is 16.7 Å². The van der Waals surface area contributed by atoms with Gasteiger partial charge in [-0.15, -0.1) is 0 Å². The van der Waals surface area contributed by atoms with Gasteiger partial charge in [0, 0.05) is 56.7 Å². The number of benzene rings is 1. The molecule has 1 aromatic carbocycles. The van der Waals surface area contributed by atoms with Crippen molar-refractivity contribution < 1.29 is 8.42 Å². The van der Waals surface area contributed by atoms with Crippen molar-refractivity contribution in [3.8, 4) is 11.3 Å². The van der Waals surface area contributed by atoms with Gasteiger partial charge in [-0.3, -0.25) is 4.72 Å². The van der Waals surface area contributed by atoms with Crippen LogP contribution in [0.3, 0.4) is 0 Å². The maximum atomic E-state index is 12.7. The van der Waals surface area contributed by atoms with Crippen molar-refractivity contribution in [1.82, 2.24) is 14.6 Å². The Morgan fingerprint density at radius 3 is 2.81 bits per heavy atom. The SMILES string of the molecule is C=C(/C=C\N(C)N)S(=O)(=O)Nc1ccnc2c1cc(-c1ccc3c(c1)N(C)CC3)n2C. The molecule has 1 aliphatic rings. The monoisotopic (exact) mass is 438 g/mol. The van der Waals surface area contributed by atoms with Gasteiger partial charge in [0.25, 0.3) is 10.0 Å². The van der Waals surface area contributed by atoms with Crippen molar-refractivity contribution in [3.63, 3.8) is 0 Å². The quantitative estimate of drug-likeness (QED) is 0.349. The van der Waals surface area contributed by atoms with Gasteiger partial charge >= 0.3 is 0 Å². The van der Waals surface area contributed by atoms with Gasteiger partial charge in [-0.05, 0) is 36.3 Å². The van der Waals surface area contributed by atoms with Crippen molar-refractivity contribution in [3.05, 3.63) is 65.9 Å². The van der Waals surface area contributed by atoms with Crippen molar-refractivity contribution >= 4 is 32.4 Å². The molecule has 8 nitrogen and oxygen atoms in total. The van der Waals surface area contributed by atoms with E-state index in [1.807, 2.05) is 17.7 Å². The van der Waals surface area contributed by atoms with Gasteiger partial charge in [0.2, 0.25) is 0 Å². The number of nitrogens with one attached hydrogen (secondary N) is 1. The summed E-state index contributed by atoms with van der Waals surface area (Å²) >= 11 is 0. The number of pyridine rings is 1. The molecule has 0 bridgehead atoms. The highest BCUT2D eigenvalue weighted by Gasteiger charge is 2.20. The first-order valence-electron chi connectivity index (χ1n) is 9.83. The first-order chi connectivity index (χ1) is 14.7. The van der Waals surface area contributed by atoms with E-state index in [0.717, 1.165) is 24.2 Å². The minimum atomic E-state index is -3.84. The average molecular weight is 439 g/mol. The summed E-state index contributed by atoms with van der Waals surface area (Å²) in [5, 5.41) is 1.97. The van der Waals surface area contributed by atoms with Crippen LogP contribution < -0.4 is 15.5 Å². The summed E-state index contributed by atoms with van der Waals surface area (Å²) in [5.74, 6) is 5.50. The Morgan fingerprint density at radius 2 is 2.06 bits per heavy atom. The van der Waals surface area contributed by atoms with E-state index in [9.17, 15) is 8.42 Å². The molecule has 2 aromatic heterocycles. The Hall–Kier alpha value is -3.30. The Kier molecular flexibility index (Phi) is 5.24. The fourth-order valence-electron chi connectivity index (χ4n) is 3.78. The third-order valence-corrected chi connectivity index (χ3v) is 6.84. The van der Waals surface area contributed by atoms with Crippen LogP contribution in [-0.2, 0) is 23.5 Å². The number of likely N-dealkylation sites (N-methyl/N-ethyl adjacent to an activating group) is 1. The summed E-state index contributed by atoms with van der Waals surface area (Å²) in [7, 11) is 1.78. The predicted molar refractivity (Wildman–Crippen MR) is 126 cm³/mol. The number of aryl methyl sites for hydroxylation is 1. The number of allylic oxidation sites excluding steroid dienone is 1. The minimum absolute atomic E-state index is 0.0902. The maximum Gasteiger partial charge on any atom is 0.261 e. The molecular weight excluding hydrogens is 412 g/mol. The highest BCUT2D eigenvalue weighted by atomic mass is 32.2. The molecule has 0 unspecified atom stereocenters. The fraction of sp³-hybridized carbons (Fsp3) is 0.227. The highest BCUT2D eigenvalue weighted by molar-refractivity contribution is 7.96. The van der Waals surface area contributed by atoms with Gasteiger partial charge in [0.1, 0.15) is 5.65 Å². The molecule has 162 valence electrons. The van der Waals surface area contributed by atoms with Gasteiger partial charge in [-0.2, -0.15) is 0 Å². The zero-order valence-electron chi connectivity index (χ0n) is 17.8. The molecule has 0 aliphatic carbocycles. The summed E-state index contributed by atoms with van der Waals surface area (Å²) in [6.07, 6.45) is 5.41. The van der Waals surface area contributed by atoms with E-state index < -0.39 is 10.0 Å². The molecule has 9 heteroatoms. The lowest BCUT2D eigenvalue weighted by Gasteiger charge is -2.13. The number of sulfonamides is 1. The molecule has 3 N–H and O–H groups in total. The predicted octanol–water partition coefficient (Wildman–Crippen LogP) is 2.81. The number of fused-ring (bicyclic) bond motifs is 2. The summed E-state index contributed by atoms with van der Waals surface area (Å²) in [4.78, 5) is 6.62. The fourth-order valence-corrected chi connectivity index (χ4v) is 4.62. The second-order valence-electron chi connectivity index (χ2n) is 7.75. The summed E-state index contributed by atoms with van der Waals surface area (Å²) in [6, 6.07) is 10.0. The van der Waals surface area contributed by atoms with E-state index in [-0.39, 0.29) is 4.91 Å². The largest absolute Gasteiger partial charge is 0.374 e. The summed E-state index contributed by atoms with van der Waals surface area (Å²) in [5.41, 5.74) is 5.71. The molecule has 0 saturated heterocycles. The Morgan fingerprint density at radius 1 is 1.29 bits per heavy atom. The second-order valence-corrected chi connectivity index (χ2v) is 9.49. The van der Waals surface area contributed by atoms with Gasteiger partial charge in [-0.25, -0.2) is 19.2 Å². The minimum Gasteiger partial charge on any atom is -0.374 e. The Balaban J connectivity index is 1.74. The number of hydrogen-bond acceptors (Lipinski definition) is 6. The number of rotatable bonds is 6. The molecule has 0 atom stereocenters. The molecule has 0 radical (unpaired) electrons. The smallest absolute Gasteiger partial charge is 0.261 e. The molecule has 0 spiro atoms. The molecule has 4 rings (SSSR count). The van der Waals surface area contributed by atoms with Crippen LogP contribution in [0.1, 0.15) is 5.56 Å². The summed E-state index contributed by atoms with van der Waals surface area (Å²) < 4.78 is 30.1. The number of hydrazine groups is 1. The van der Waals surface area contributed by atoms with E-state index in [2.05, 4.69) is 46.4 Å². The van der Waals surface area contributed by atoms with Crippen LogP contribution in [0.25, 0.3) is 22.3 Å². The number of anilines is 2. The highest BCUT2D eigenvalue weighted by Crippen LogP contribution is 2.35. The van der Waals surface area contributed by atoms with Gasteiger partial charge in [0.05, 0.1) is 16.3 Å². The lowest BCUT2D eigenvalue weighted by Crippen LogP contribution is -2.19. The first kappa shape index (κ1) is 21.0. The molecule has 3 heterocycles. The molecule has 31 heavy (non-hydrogen) atoms. The lowest BCUT2D eigenvalue weighted by atomic mass is 10.1. The van der Waals surface area contributed by atoms with Gasteiger partial charge < -0.3 is 14.5 Å². The van der Waals surface area contributed by atoms with Crippen LogP contribution in [0.5, 0.6) is 0 Å². The van der Waals surface area contributed by atoms with E-state index in [4.69, 9.17) is 5.84 Å². The zero-order valence-corrected chi connectivity index (χ0v) is 18.6. The van der Waals surface area contributed by atoms with Crippen LogP contribution in [0.4, 0.5) is 11.4 Å². The number of hydrogen-bond donors (Lipinski definition) is 2. The molecule has 1 aliphatic heterocycles.